The van der Waals surface area contributed by atoms with Crippen LogP contribution in [0.3, 0.4) is 0 Å². The maximum atomic E-state index is 11.8. The number of ketones is 1. The molecule has 0 unspecified atom stereocenters. The molecule has 2 heterocycles. The highest BCUT2D eigenvalue weighted by molar-refractivity contribution is 5.98. The fourth-order valence-corrected chi connectivity index (χ4v) is 3.42. The van der Waals surface area contributed by atoms with Crippen molar-refractivity contribution in [1.82, 2.24) is 15.0 Å². The van der Waals surface area contributed by atoms with Gasteiger partial charge in [0.05, 0.1) is 16.7 Å². The predicted molar refractivity (Wildman–Crippen MR) is 98.9 cm³/mol. The molecule has 0 bridgehead atoms. The van der Waals surface area contributed by atoms with Crippen molar-refractivity contribution in [2.24, 2.45) is 0 Å². The van der Waals surface area contributed by atoms with E-state index in [1.54, 1.807) is 6.92 Å². The van der Waals surface area contributed by atoms with Crippen LogP contribution < -0.4 is 4.90 Å². The number of hydrogen-bond acceptors (Lipinski definition) is 3. The number of nitrogens with one attached hydrogen (secondary N) is 2. The Hall–Kier alpha value is -2.56. The van der Waals surface area contributed by atoms with E-state index < -0.39 is 0 Å². The lowest BCUT2D eigenvalue weighted by Gasteiger charge is -2.20. The molecular weight excluding hydrogens is 300 g/mol. The van der Waals surface area contributed by atoms with E-state index in [0.29, 0.717) is 0 Å². The van der Waals surface area contributed by atoms with Crippen molar-refractivity contribution in [3.8, 4) is 11.5 Å². The second-order valence-electron chi connectivity index (χ2n) is 6.14. The van der Waals surface area contributed by atoms with Gasteiger partial charge in [-0.2, -0.15) is 0 Å². The van der Waals surface area contributed by atoms with Crippen LogP contribution in [0.1, 0.15) is 42.4 Å². The van der Waals surface area contributed by atoms with Crippen molar-refractivity contribution in [1.29, 1.82) is 0 Å². The van der Waals surface area contributed by atoms with Gasteiger partial charge in [0.25, 0.3) is 0 Å². The Balaban J connectivity index is 2.09. The highest BCUT2D eigenvalue weighted by atomic mass is 16.1. The number of aromatic amines is 2. The topological polar surface area (TPSA) is 64.8 Å². The molecule has 24 heavy (non-hydrogen) atoms. The normalized spacial score (nSPS) is 11.2. The van der Waals surface area contributed by atoms with Gasteiger partial charge in [0.15, 0.2) is 11.6 Å². The summed E-state index contributed by atoms with van der Waals surface area (Å²) in [6.07, 6.45) is 0. The number of hydrogen-bond donors (Lipinski definition) is 2. The van der Waals surface area contributed by atoms with Crippen molar-refractivity contribution < 1.29 is 4.79 Å². The van der Waals surface area contributed by atoms with Gasteiger partial charge in [-0.3, -0.25) is 4.79 Å². The van der Waals surface area contributed by atoms with Gasteiger partial charge < -0.3 is 14.9 Å². The van der Waals surface area contributed by atoms with Crippen molar-refractivity contribution in [3.05, 3.63) is 35.0 Å². The number of carbonyl (C=O) groups excluding carboxylic acids is 1. The first kappa shape index (κ1) is 16.3. The first-order chi connectivity index (χ1) is 11.5. The smallest absolute Gasteiger partial charge is 0.161 e. The number of H-pyrrole nitrogens is 2. The number of anilines is 1. The molecule has 0 radical (unpaired) electrons. The summed E-state index contributed by atoms with van der Waals surface area (Å²) >= 11 is 0. The van der Waals surface area contributed by atoms with Gasteiger partial charge >= 0.3 is 0 Å². The molecule has 2 N–H and O–H groups in total. The van der Waals surface area contributed by atoms with E-state index in [9.17, 15) is 4.79 Å². The third-order valence-corrected chi connectivity index (χ3v) is 4.62. The average molecular weight is 324 g/mol. The lowest BCUT2D eigenvalue weighted by Crippen LogP contribution is -2.21. The Morgan fingerprint density at radius 1 is 1.17 bits per heavy atom. The van der Waals surface area contributed by atoms with E-state index in [2.05, 4.69) is 40.8 Å². The molecule has 0 aliphatic rings. The van der Waals surface area contributed by atoms with Gasteiger partial charge in [0.2, 0.25) is 0 Å². The molecule has 0 aliphatic carbocycles. The highest BCUT2D eigenvalue weighted by Gasteiger charge is 2.18. The van der Waals surface area contributed by atoms with Crippen LogP contribution in [0, 0.1) is 13.8 Å². The van der Waals surface area contributed by atoms with Crippen LogP contribution in [0.25, 0.3) is 22.6 Å². The molecule has 126 valence electrons. The number of aromatic nitrogens is 3. The zero-order chi connectivity index (χ0) is 17.4. The summed E-state index contributed by atoms with van der Waals surface area (Å²) in [5, 5.41) is 0. The Morgan fingerprint density at radius 3 is 2.46 bits per heavy atom. The van der Waals surface area contributed by atoms with Crippen molar-refractivity contribution in [2.45, 2.75) is 34.6 Å². The van der Waals surface area contributed by atoms with E-state index >= 15 is 0 Å². The first-order valence-electron chi connectivity index (χ1n) is 8.41. The summed E-state index contributed by atoms with van der Waals surface area (Å²) in [5.74, 6) is 0.849. The van der Waals surface area contributed by atoms with Crippen molar-refractivity contribution >= 4 is 22.5 Å². The zero-order valence-corrected chi connectivity index (χ0v) is 14.9. The molecule has 1 aromatic carbocycles. The monoisotopic (exact) mass is 324 g/mol. The molecular formula is C19H24N4O. The number of aryl methyl sites for hydroxylation is 1. The molecule has 5 nitrogen and oxygen atoms in total. The van der Waals surface area contributed by atoms with Gasteiger partial charge in [0, 0.05) is 30.0 Å². The lowest BCUT2D eigenvalue weighted by molar-refractivity contribution is 0.101. The minimum atomic E-state index is 0.0763. The van der Waals surface area contributed by atoms with Crippen LogP contribution in [0.4, 0.5) is 5.69 Å². The maximum absolute atomic E-state index is 11.8. The molecule has 0 spiro atoms. The third kappa shape index (κ3) is 2.60. The molecule has 0 fully saturated rings. The number of fused-ring (bicyclic) bond motifs is 1. The van der Waals surface area contributed by atoms with Crippen LogP contribution in [-0.4, -0.2) is 33.8 Å². The molecule has 2 aromatic heterocycles. The van der Waals surface area contributed by atoms with Crippen LogP contribution in [0.2, 0.25) is 0 Å². The SMILES string of the molecule is CCN(CC)c1ccc2nc(-c3[nH]c(C)c(C(C)=O)c3C)[nH]c2c1. The quantitative estimate of drug-likeness (QED) is 0.691. The fraction of sp³-hybridized carbons (Fsp3) is 0.368. The molecule has 0 amide bonds. The second kappa shape index (κ2) is 6.15. The Morgan fingerprint density at radius 2 is 1.88 bits per heavy atom. The van der Waals surface area contributed by atoms with Crippen LogP contribution in [0.5, 0.6) is 0 Å². The fourth-order valence-electron chi connectivity index (χ4n) is 3.42. The van der Waals surface area contributed by atoms with Crippen molar-refractivity contribution in [3.63, 3.8) is 0 Å². The number of nitrogens with zero attached hydrogens (tertiary/aromatic N) is 2. The summed E-state index contributed by atoms with van der Waals surface area (Å²) in [4.78, 5) is 25.5. The van der Waals surface area contributed by atoms with Gasteiger partial charge in [-0.1, -0.05) is 0 Å². The largest absolute Gasteiger partial charge is 0.372 e. The number of rotatable bonds is 5. The van der Waals surface area contributed by atoms with Gasteiger partial charge in [-0.05, 0) is 58.4 Å². The summed E-state index contributed by atoms with van der Waals surface area (Å²) in [7, 11) is 0. The van der Waals surface area contributed by atoms with Gasteiger partial charge in [-0.15, -0.1) is 0 Å². The summed E-state index contributed by atoms with van der Waals surface area (Å²) < 4.78 is 0. The predicted octanol–water partition coefficient (Wildman–Crippen LogP) is 4.22. The Labute approximate surface area is 142 Å². The zero-order valence-electron chi connectivity index (χ0n) is 14.9. The maximum Gasteiger partial charge on any atom is 0.161 e. The van der Waals surface area contributed by atoms with E-state index in [0.717, 1.165) is 52.5 Å². The Kier molecular flexibility index (Phi) is 4.18. The van der Waals surface area contributed by atoms with E-state index in [1.807, 2.05) is 19.9 Å². The Bertz CT molecular complexity index is 900. The number of Topliss-reactive ketones (excluding diaryl/α,β-unsaturated/α-hetero) is 1. The third-order valence-electron chi connectivity index (χ3n) is 4.62. The van der Waals surface area contributed by atoms with E-state index in [-0.39, 0.29) is 5.78 Å². The molecule has 5 heteroatoms. The first-order valence-corrected chi connectivity index (χ1v) is 8.41. The van der Waals surface area contributed by atoms with Gasteiger partial charge in [-0.25, -0.2) is 4.98 Å². The number of benzene rings is 1. The number of carbonyl (C=O) groups is 1. The molecule has 0 aliphatic heterocycles. The van der Waals surface area contributed by atoms with Crippen molar-refractivity contribution in [2.75, 3.05) is 18.0 Å². The lowest BCUT2D eigenvalue weighted by atomic mass is 10.1. The van der Waals surface area contributed by atoms with Gasteiger partial charge in [0.1, 0.15) is 0 Å². The van der Waals surface area contributed by atoms with E-state index in [1.165, 1.54) is 5.69 Å². The average Bonchev–Trinajstić information content (AvgIpc) is 3.08. The summed E-state index contributed by atoms with van der Waals surface area (Å²) in [6, 6.07) is 6.28. The number of imidazole rings is 1. The highest BCUT2D eigenvalue weighted by Crippen LogP contribution is 2.29. The summed E-state index contributed by atoms with van der Waals surface area (Å²) in [6.45, 7) is 11.7. The second-order valence-corrected chi connectivity index (χ2v) is 6.14. The molecule has 0 saturated carbocycles. The van der Waals surface area contributed by atoms with Crippen LogP contribution >= 0.6 is 0 Å². The molecule has 3 aromatic rings. The standard InChI is InChI=1S/C19H24N4O/c1-6-23(7-2)14-8-9-15-16(10-14)22-19(21-15)18-11(3)17(13(5)24)12(4)20-18/h8-10,20H,6-7H2,1-5H3,(H,21,22). The minimum absolute atomic E-state index is 0.0763. The molecule has 0 saturated heterocycles. The minimum Gasteiger partial charge on any atom is -0.372 e. The molecule has 0 atom stereocenters. The molecule has 3 rings (SSSR count). The van der Waals surface area contributed by atoms with Crippen LogP contribution in [0.15, 0.2) is 18.2 Å². The van der Waals surface area contributed by atoms with E-state index in [4.69, 9.17) is 4.98 Å². The van der Waals surface area contributed by atoms with Crippen LogP contribution in [-0.2, 0) is 0 Å². The summed E-state index contributed by atoms with van der Waals surface area (Å²) in [5.41, 5.74) is 6.60.